The van der Waals surface area contributed by atoms with Gasteiger partial charge in [0, 0.05) is 30.4 Å². The van der Waals surface area contributed by atoms with Crippen LogP contribution in [-0.2, 0) is 0 Å². The smallest absolute Gasteiger partial charge is 0.263 e. The van der Waals surface area contributed by atoms with Gasteiger partial charge in [0.15, 0.2) is 0 Å². The molecule has 0 fully saturated rings. The number of aromatic nitrogens is 4. The van der Waals surface area contributed by atoms with Crippen LogP contribution in [0.5, 0.6) is 23.0 Å². The first-order chi connectivity index (χ1) is 16.6. The summed E-state index contributed by atoms with van der Waals surface area (Å²) >= 11 is 0. The van der Waals surface area contributed by atoms with Crippen molar-refractivity contribution in [2.24, 2.45) is 4.99 Å². The molecule has 0 amide bonds. The van der Waals surface area contributed by atoms with Crippen molar-refractivity contribution in [1.82, 2.24) is 19.7 Å². The average molecular weight is 456 g/mol. The van der Waals surface area contributed by atoms with Crippen LogP contribution in [0.3, 0.4) is 0 Å². The topological polar surface area (TPSA) is 113 Å². The normalized spacial score (nSPS) is 14.4. The summed E-state index contributed by atoms with van der Waals surface area (Å²) in [5, 5.41) is 7.40. The van der Waals surface area contributed by atoms with E-state index in [1.54, 1.807) is 63.2 Å². The van der Waals surface area contributed by atoms with Crippen LogP contribution < -0.4 is 19.5 Å². The van der Waals surface area contributed by atoms with Crippen molar-refractivity contribution in [2.45, 2.75) is 5.92 Å². The third-order valence-electron chi connectivity index (χ3n) is 5.13. The van der Waals surface area contributed by atoms with E-state index in [2.05, 4.69) is 25.4 Å². The first-order valence-corrected chi connectivity index (χ1v) is 10.4. The molecule has 0 bridgehead atoms. The molecule has 0 saturated carbocycles. The Labute approximate surface area is 194 Å². The Balaban J connectivity index is 1.32. The van der Waals surface area contributed by atoms with Gasteiger partial charge in [-0.3, -0.25) is 9.78 Å². The minimum absolute atomic E-state index is 0.205. The van der Waals surface area contributed by atoms with Gasteiger partial charge < -0.3 is 19.5 Å². The van der Waals surface area contributed by atoms with Gasteiger partial charge in [0.2, 0.25) is 5.95 Å². The summed E-state index contributed by atoms with van der Waals surface area (Å²) in [7, 11) is 3.11. The molecule has 1 aliphatic heterocycles. The lowest BCUT2D eigenvalue weighted by Gasteiger charge is -2.17. The standard InChI is InChI=1S/C24H20N6O4/c1-32-19-11-15(12-20(13-19)33-2)21-14-26-24-28-23(29-30(24)22(21)31)27-16-3-5-17(6-4-16)34-18-7-9-25-10-8-18/h3-14,21H,1-2H3,(H,27,29). The van der Waals surface area contributed by atoms with Gasteiger partial charge in [-0.1, -0.05) is 0 Å². The highest BCUT2D eigenvalue weighted by Crippen LogP contribution is 2.31. The fourth-order valence-corrected chi connectivity index (χ4v) is 3.44. The second-order valence-electron chi connectivity index (χ2n) is 7.32. The lowest BCUT2D eigenvalue weighted by Crippen LogP contribution is -2.25. The highest BCUT2D eigenvalue weighted by molar-refractivity contribution is 6.04. The number of rotatable bonds is 7. The number of carbonyl (C=O) groups excluding carboxylic acids is 1. The van der Waals surface area contributed by atoms with E-state index < -0.39 is 5.92 Å². The van der Waals surface area contributed by atoms with Gasteiger partial charge in [-0.15, -0.1) is 5.10 Å². The maximum atomic E-state index is 13.1. The van der Waals surface area contributed by atoms with E-state index in [9.17, 15) is 4.79 Å². The molecule has 10 heteroatoms. The fraction of sp³-hybridized carbons (Fsp3) is 0.125. The number of benzene rings is 2. The van der Waals surface area contributed by atoms with Crippen LogP contribution in [-0.4, -0.2) is 46.1 Å². The number of carbonyl (C=O) groups is 1. The third kappa shape index (κ3) is 4.29. The number of anilines is 2. The van der Waals surface area contributed by atoms with Crippen LogP contribution in [0.4, 0.5) is 17.6 Å². The molecule has 34 heavy (non-hydrogen) atoms. The van der Waals surface area contributed by atoms with E-state index in [4.69, 9.17) is 14.2 Å². The quantitative estimate of drug-likeness (QED) is 0.436. The average Bonchev–Trinajstić information content (AvgIpc) is 3.29. The Hall–Kier alpha value is -4.73. The number of hydrogen-bond donors (Lipinski definition) is 1. The van der Waals surface area contributed by atoms with Crippen molar-refractivity contribution in [3.05, 3.63) is 72.6 Å². The number of ether oxygens (including phenoxy) is 3. The third-order valence-corrected chi connectivity index (χ3v) is 5.13. The molecule has 1 atom stereocenters. The zero-order valence-electron chi connectivity index (χ0n) is 18.4. The van der Waals surface area contributed by atoms with Gasteiger partial charge in [0.05, 0.1) is 14.2 Å². The summed E-state index contributed by atoms with van der Waals surface area (Å²) in [4.78, 5) is 25.8. The summed E-state index contributed by atoms with van der Waals surface area (Å²) in [5.74, 6) is 2.07. The molecular weight excluding hydrogens is 436 g/mol. The molecular formula is C24H20N6O4. The van der Waals surface area contributed by atoms with Crippen LogP contribution in [0.2, 0.25) is 0 Å². The number of nitrogens with one attached hydrogen (secondary N) is 1. The second-order valence-corrected chi connectivity index (χ2v) is 7.32. The molecule has 2 aromatic carbocycles. The maximum absolute atomic E-state index is 13.1. The molecule has 1 aliphatic rings. The van der Waals surface area contributed by atoms with E-state index in [0.29, 0.717) is 28.6 Å². The van der Waals surface area contributed by atoms with E-state index in [1.165, 1.54) is 4.68 Å². The summed E-state index contributed by atoms with van der Waals surface area (Å²) in [6, 6.07) is 16.1. The molecule has 5 rings (SSSR count). The Morgan fingerprint density at radius 3 is 2.24 bits per heavy atom. The number of aliphatic imine (C=N–C) groups is 1. The first-order valence-electron chi connectivity index (χ1n) is 10.4. The van der Waals surface area contributed by atoms with Crippen LogP contribution in [0.15, 0.2) is 72.0 Å². The highest BCUT2D eigenvalue weighted by Gasteiger charge is 2.29. The van der Waals surface area contributed by atoms with E-state index in [-0.39, 0.29) is 17.8 Å². The Kier molecular flexibility index (Phi) is 5.61. The van der Waals surface area contributed by atoms with Gasteiger partial charge in [-0.25, -0.2) is 4.99 Å². The zero-order chi connectivity index (χ0) is 23.5. The van der Waals surface area contributed by atoms with Gasteiger partial charge in [-0.2, -0.15) is 9.67 Å². The molecule has 0 aliphatic carbocycles. The SMILES string of the molecule is COc1cc(OC)cc(C2C=Nc3nc(Nc4ccc(Oc5ccncc5)cc4)nn3C2=O)c1. The van der Waals surface area contributed by atoms with Crippen molar-refractivity contribution >= 4 is 29.7 Å². The van der Waals surface area contributed by atoms with Gasteiger partial charge >= 0.3 is 0 Å². The van der Waals surface area contributed by atoms with Gasteiger partial charge in [0.1, 0.15) is 28.9 Å². The van der Waals surface area contributed by atoms with Crippen LogP contribution >= 0.6 is 0 Å². The molecule has 1 N–H and O–H groups in total. The monoisotopic (exact) mass is 456 g/mol. The fourth-order valence-electron chi connectivity index (χ4n) is 3.44. The van der Waals surface area contributed by atoms with Crippen molar-refractivity contribution in [3.8, 4) is 23.0 Å². The molecule has 10 nitrogen and oxygen atoms in total. The molecule has 4 aromatic rings. The van der Waals surface area contributed by atoms with Crippen LogP contribution in [0.1, 0.15) is 16.3 Å². The molecule has 3 heterocycles. The van der Waals surface area contributed by atoms with Gasteiger partial charge in [-0.05, 0) is 54.1 Å². The Morgan fingerprint density at radius 1 is 0.882 bits per heavy atom. The molecule has 0 saturated heterocycles. The van der Waals surface area contributed by atoms with E-state index in [1.807, 2.05) is 24.3 Å². The number of hydrogen-bond acceptors (Lipinski definition) is 9. The van der Waals surface area contributed by atoms with Crippen LogP contribution in [0.25, 0.3) is 0 Å². The minimum atomic E-state index is -0.643. The number of fused-ring (bicyclic) bond motifs is 1. The predicted molar refractivity (Wildman–Crippen MR) is 125 cm³/mol. The minimum Gasteiger partial charge on any atom is -0.497 e. The molecule has 170 valence electrons. The predicted octanol–water partition coefficient (Wildman–Crippen LogP) is 4.37. The van der Waals surface area contributed by atoms with Crippen LogP contribution in [0, 0.1) is 0 Å². The molecule has 0 spiro atoms. The largest absolute Gasteiger partial charge is 0.497 e. The van der Waals surface area contributed by atoms with Gasteiger partial charge in [0.25, 0.3) is 11.9 Å². The Bertz CT molecular complexity index is 1330. The highest BCUT2D eigenvalue weighted by atomic mass is 16.5. The molecule has 2 aromatic heterocycles. The van der Waals surface area contributed by atoms with Crippen molar-refractivity contribution in [3.63, 3.8) is 0 Å². The summed E-state index contributed by atoms with van der Waals surface area (Å²) < 4.78 is 17.6. The Morgan fingerprint density at radius 2 is 1.56 bits per heavy atom. The second kappa shape index (κ2) is 9.02. The van der Waals surface area contributed by atoms with Crippen molar-refractivity contribution in [2.75, 3.05) is 19.5 Å². The number of nitrogens with zero attached hydrogens (tertiary/aromatic N) is 5. The lowest BCUT2D eigenvalue weighted by atomic mass is 9.98. The summed E-state index contributed by atoms with van der Waals surface area (Å²) in [6.07, 6.45) is 4.88. The van der Waals surface area contributed by atoms with Crippen molar-refractivity contribution in [1.29, 1.82) is 0 Å². The molecule has 0 radical (unpaired) electrons. The lowest BCUT2D eigenvalue weighted by molar-refractivity contribution is 0.0887. The van der Waals surface area contributed by atoms with Crippen molar-refractivity contribution < 1.29 is 19.0 Å². The first kappa shape index (κ1) is 21.1. The van der Waals surface area contributed by atoms with E-state index >= 15 is 0 Å². The maximum Gasteiger partial charge on any atom is 0.263 e. The number of pyridine rings is 1. The summed E-state index contributed by atoms with van der Waals surface area (Å²) in [5.41, 5.74) is 1.42. The number of methoxy groups -OCH3 is 2. The molecule has 1 unspecified atom stereocenters. The summed E-state index contributed by atoms with van der Waals surface area (Å²) in [6.45, 7) is 0. The van der Waals surface area contributed by atoms with E-state index in [0.717, 1.165) is 5.69 Å². The zero-order valence-corrected chi connectivity index (χ0v) is 18.4.